The van der Waals surface area contributed by atoms with Crippen LogP contribution >= 0.6 is 11.8 Å². The smallest absolute Gasteiger partial charge is 0.0456 e. The fourth-order valence-electron chi connectivity index (χ4n) is 3.30. The molecule has 1 aromatic rings. The molecule has 0 saturated carbocycles. The van der Waals surface area contributed by atoms with E-state index in [9.17, 15) is 0 Å². The lowest BCUT2D eigenvalue weighted by molar-refractivity contribution is 0.180. The predicted octanol–water partition coefficient (Wildman–Crippen LogP) is 3.50. The van der Waals surface area contributed by atoms with Gasteiger partial charge in [0.1, 0.15) is 0 Å². The average Bonchev–Trinajstić information content (AvgIpc) is 2.39. The third-order valence-corrected chi connectivity index (χ3v) is 5.42. The van der Waals surface area contributed by atoms with E-state index in [0.717, 1.165) is 11.3 Å². The molecule has 3 rings (SSSR count). The number of hydrogen-bond donors (Lipinski definition) is 0. The first-order valence-corrected chi connectivity index (χ1v) is 7.88. The molecule has 0 amide bonds. The van der Waals surface area contributed by atoms with Gasteiger partial charge in [-0.25, -0.2) is 0 Å². The first kappa shape index (κ1) is 11.6. The van der Waals surface area contributed by atoms with E-state index in [-0.39, 0.29) is 0 Å². The standard InChI is InChI=1S/C15H21NS/c1-2-9-16-10-11-17-15-13-6-4-3-5-12(13)7-8-14(15)16/h3-6,14-15H,2,7-11H2,1H3/t14-,15-/m0/s1. The topological polar surface area (TPSA) is 3.24 Å². The fourth-order valence-corrected chi connectivity index (χ4v) is 4.84. The second kappa shape index (κ2) is 5.03. The molecule has 0 unspecified atom stereocenters. The third-order valence-electron chi connectivity index (χ3n) is 4.08. The molecule has 1 aliphatic carbocycles. The molecule has 0 spiro atoms. The summed E-state index contributed by atoms with van der Waals surface area (Å²) >= 11 is 2.18. The molecule has 1 aliphatic heterocycles. The molecule has 92 valence electrons. The lowest BCUT2D eigenvalue weighted by atomic mass is 9.86. The molecule has 2 aliphatic rings. The van der Waals surface area contributed by atoms with Crippen LogP contribution in [-0.4, -0.2) is 29.8 Å². The normalized spacial score (nSPS) is 28.5. The fraction of sp³-hybridized carbons (Fsp3) is 0.600. The van der Waals surface area contributed by atoms with Gasteiger partial charge in [-0.3, -0.25) is 4.90 Å². The summed E-state index contributed by atoms with van der Waals surface area (Å²) in [5.74, 6) is 1.30. The molecule has 1 aromatic carbocycles. The number of benzene rings is 1. The third kappa shape index (κ3) is 2.13. The van der Waals surface area contributed by atoms with Crippen molar-refractivity contribution in [1.29, 1.82) is 0 Å². The number of aryl methyl sites for hydroxylation is 1. The van der Waals surface area contributed by atoms with E-state index in [4.69, 9.17) is 0 Å². The Kier molecular flexibility index (Phi) is 3.44. The van der Waals surface area contributed by atoms with Crippen molar-refractivity contribution < 1.29 is 0 Å². The van der Waals surface area contributed by atoms with E-state index in [1.165, 1.54) is 38.1 Å². The molecule has 1 heterocycles. The zero-order chi connectivity index (χ0) is 11.7. The van der Waals surface area contributed by atoms with Crippen LogP contribution in [0.15, 0.2) is 24.3 Å². The molecular formula is C15H21NS. The Morgan fingerprint density at radius 1 is 1.35 bits per heavy atom. The highest BCUT2D eigenvalue weighted by Crippen LogP contribution is 2.44. The molecule has 1 fully saturated rings. The zero-order valence-corrected chi connectivity index (χ0v) is 11.4. The quantitative estimate of drug-likeness (QED) is 0.787. The van der Waals surface area contributed by atoms with Gasteiger partial charge >= 0.3 is 0 Å². The minimum Gasteiger partial charge on any atom is -0.298 e. The summed E-state index contributed by atoms with van der Waals surface area (Å²) in [5.41, 5.74) is 3.22. The Hall–Kier alpha value is -0.470. The van der Waals surface area contributed by atoms with Crippen LogP contribution in [0.1, 0.15) is 36.1 Å². The van der Waals surface area contributed by atoms with Crippen LogP contribution in [0.3, 0.4) is 0 Å². The van der Waals surface area contributed by atoms with E-state index in [1.807, 2.05) is 0 Å². The lowest BCUT2D eigenvalue weighted by Crippen LogP contribution is -2.46. The van der Waals surface area contributed by atoms with E-state index < -0.39 is 0 Å². The number of rotatable bonds is 2. The van der Waals surface area contributed by atoms with Gasteiger partial charge in [-0.05, 0) is 36.9 Å². The van der Waals surface area contributed by atoms with E-state index in [0.29, 0.717) is 0 Å². The molecule has 0 radical (unpaired) electrons. The van der Waals surface area contributed by atoms with Gasteiger partial charge < -0.3 is 0 Å². The Bertz CT molecular complexity index is 388. The molecule has 0 N–H and O–H groups in total. The highest BCUT2D eigenvalue weighted by molar-refractivity contribution is 7.99. The van der Waals surface area contributed by atoms with E-state index >= 15 is 0 Å². The molecule has 0 aromatic heterocycles. The molecule has 1 nitrogen and oxygen atoms in total. The van der Waals surface area contributed by atoms with Crippen LogP contribution in [0.5, 0.6) is 0 Å². The summed E-state index contributed by atoms with van der Waals surface area (Å²) in [7, 11) is 0. The Morgan fingerprint density at radius 2 is 2.24 bits per heavy atom. The highest BCUT2D eigenvalue weighted by Gasteiger charge is 2.35. The second-order valence-electron chi connectivity index (χ2n) is 5.13. The van der Waals surface area contributed by atoms with Crippen molar-refractivity contribution in [2.45, 2.75) is 37.5 Å². The minimum atomic E-state index is 0.736. The van der Waals surface area contributed by atoms with Crippen LogP contribution < -0.4 is 0 Å². The number of nitrogens with zero attached hydrogens (tertiary/aromatic N) is 1. The van der Waals surface area contributed by atoms with E-state index in [2.05, 4.69) is 47.9 Å². The Morgan fingerprint density at radius 3 is 3.12 bits per heavy atom. The maximum absolute atomic E-state index is 2.73. The average molecular weight is 247 g/mol. The van der Waals surface area contributed by atoms with Gasteiger partial charge in [0.25, 0.3) is 0 Å². The summed E-state index contributed by atoms with van der Waals surface area (Å²) in [6.07, 6.45) is 3.92. The monoisotopic (exact) mass is 247 g/mol. The van der Waals surface area contributed by atoms with Crippen molar-refractivity contribution >= 4 is 11.8 Å². The van der Waals surface area contributed by atoms with Gasteiger partial charge in [0, 0.05) is 23.6 Å². The van der Waals surface area contributed by atoms with E-state index in [1.54, 1.807) is 11.1 Å². The first-order valence-electron chi connectivity index (χ1n) is 6.83. The zero-order valence-electron chi connectivity index (χ0n) is 10.6. The summed E-state index contributed by atoms with van der Waals surface area (Å²) in [6.45, 7) is 4.87. The number of thioether (sulfide) groups is 1. The summed E-state index contributed by atoms with van der Waals surface area (Å²) < 4.78 is 0. The van der Waals surface area contributed by atoms with Gasteiger partial charge in [0.2, 0.25) is 0 Å². The SMILES string of the molecule is CCCN1CCS[C@H]2c3ccccc3CC[C@@H]21. The van der Waals surface area contributed by atoms with Crippen LogP contribution in [0.2, 0.25) is 0 Å². The first-order chi connectivity index (χ1) is 8.40. The predicted molar refractivity (Wildman–Crippen MR) is 75.6 cm³/mol. The molecule has 0 bridgehead atoms. The molecule has 2 atom stereocenters. The molecule has 1 saturated heterocycles. The molecular weight excluding hydrogens is 226 g/mol. The Balaban J connectivity index is 1.88. The second-order valence-corrected chi connectivity index (χ2v) is 6.38. The van der Waals surface area contributed by atoms with Gasteiger partial charge in [-0.1, -0.05) is 31.2 Å². The summed E-state index contributed by atoms with van der Waals surface area (Å²) in [6, 6.07) is 9.87. The van der Waals surface area contributed by atoms with Crippen LogP contribution in [0.25, 0.3) is 0 Å². The van der Waals surface area contributed by atoms with Crippen molar-refractivity contribution in [2.75, 3.05) is 18.8 Å². The van der Waals surface area contributed by atoms with Crippen molar-refractivity contribution in [2.24, 2.45) is 0 Å². The summed E-state index contributed by atoms with van der Waals surface area (Å²) in [5, 5.41) is 0.736. The van der Waals surface area contributed by atoms with Crippen LogP contribution in [0, 0.1) is 0 Å². The molecule has 17 heavy (non-hydrogen) atoms. The van der Waals surface area contributed by atoms with Crippen LogP contribution in [-0.2, 0) is 6.42 Å². The Labute approximate surface area is 109 Å². The van der Waals surface area contributed by atoms with Crippen LogP contribution in [0.4, 0.5) is 0 Å². The lowest BCUT2D eigenvalue weighted by Gasteiger charge is -2.44. The van der Waals surface area contributed by atoms with Crippen molar-refractivity contribution in [1.82, 2.24) is 4.90 Å². The maximum Gasteiger partial charge on any atom is 0.0456 e. The van der Waals surface area contributed by atoms with Crippen molar-refractivity contribution in [3.63, 3.8) is 0 Å². The number of hydrogen-bond acceptors (Lipinski definition) is 2. The highest BCUT2D eigenvalue weighted by atomic mass is 32.2. The van der Waals surface area contributed by atoms with Gasteiger partial charge in [0.05, 0.1) is 0 Å². The minimum absolute atomic E-state index is 0.736. The summed E-state index contributed by atoms with van der Waals surface area (Å²) in [4.78, 5) is 2.73. The van der Waals surface area contributed by atoms with Crippen molar-refractivity contribution in [3.8, 4) is 0 Å². The molecule has 2 heteroatoms. The largest absolute Gasteiger partial charge is 0.298 e. The van der Waals surface area contributed by atoms with Gasteiger partial charge in [-0.2, -0.15) is 11.8 Å². The van der Waals surface area contributed by atoms with Crippen molar-refractivity contribution in [3.05, 3.63) is 35.4 Å². The van der Waals surface area contributed by atoms with Gasteiger partial charge in [-0.15, -0.1) is 0 Å². The maximum atomic E-state index is 2.73. The number of fused-ring (bicyclic) bond motifs is 3. The van der Waals surface area contributed by atoms with Gasteiger partial charge in [0.15, 0.2) is 0 Å².